The summed E-state index contributed by atoms with van der Waals surface area (Å²) in [7, 11) is 0. The van der Waals surface area contributed by atoms with Gasteiger partial charge in [0.25, 0.3) is 5.69 Å². The zero-order valence-corrected chi connectivity index (χ0v) is 13.0. The molecule has 104 valence electrons. The van der Waals surface area contributed by atoms with Crippen molar-refractivity contribution in [3.8, 4) is 0 Å². The Bertz CT molecular complexity index is 629. The molecule has 1 atom stereocenters. The van der Waals surface area contributed by atoms with E-state index in [9.17, 15) is 15.2 Å². The number of aliphatic hydroxyl groups is 1. The Morgan fingerprint density at radius 1 is 1.25 bits per heavy atom. The van der Waals surface area contributed by atoms with Crippen LogP contribution in [0.3, 0.4) is 0 Å². The lowest BCUT2D eigenvalue weighted by Crippen LogP contribution is -1.94. The topological polar surface area (TPSA) is 63.4 Å². The summed E-state index contributed by atoms with van der Waals surface area (Å²) in [6.45, 7) is 1.71. The van der Waals surface area contributed by atoms with Crippen LogP contribution in [0.1, 0.15) is 18.6 Å². The molecule has 6 heteroatoms. The van der Waals surface area contributed by atoms with Gasteiger partial charge in [-0.3, -0.25) is 10.1 Å². The summed E-state index contributed by atoms with van der Waals surface area (Å²) >= 11 is 4.85. The van der Waals surface area contributed by atoms with Crippen LogP contribution >= 0.6 is 27.7 Å². The predicted molar refractivity (Wildman–Crippen MR) is 82.0 cm³/mol. The molecule has 0 heterocycles. The molecule has 0 bridgehead atoms. The van der Waals surface area contributed by atoms with Crippen molar-refractivity contribution in [2.45, 2.75) is 22.8 Å². The number of halogens is 1. The number of non-ortho nitro benzene ring substituents is 1. The lowest BCUT2D eigenvalue weighted by Gasteiger charge is -2.12. The summed E-state index contributed by atoms with van der Waals surface area (Å²) in [5.74, 6) is 0. The fourth-order valence-electron chi connectivity index (χ4n) is 1.70. The number of rotatable bonds is 4. The number of hydrogen-bond donors (Lipinski definition) is 1. The third-order valence-corrected chi connectivity index (χ3v) is 4.29. The van der Waals surface area contributed by atoms with Gasteiger partial charge in [-0.05, 0) is 42.8 Å². The van der Waals surface area contributed by atoms with Gasteiger partial charge in [-0.2, -0.15) is 0 Å². The minimum atomic E-state index is -0.576. The van der Waals surface area contributed by atoms with Crippen LogP contribution in [0.4, 0.5) is 5.69 Å². The minimum Gasteiger partial charge on any atom is -0.389 e. The van der Waals surface area contributed by atoms with E-state index < -0.39 is 11.0 Å². The molecule has 2 aromatic rings. The number of nitro groups is 1. The molecular weight excluding hydrogens is 342 g/mol. The molecule has 0 aliphatic heterocycles. The molecule has 0 saturated carbocycles. The van der Waals surface area contributed by atoms with Crippen LogP contribution in [-0.2, 0) is 0 Å². The van der Waals surface area contributed by atoms with Crippen LogP contribution in [0.5, 0.6) is 0 Å². The largest absolute Gasteiger partial charge is 0.389 e. The van der Waals surface area contributed by atoms with Crippen LogP contribution in [0.15, 0.2) is 56.7 Å². The first kappa shape index (κ1) is 15.0. The van der Waals surface area contributed by atoms with Crippen molar-refractivity contribution in [3.05, 3.63) is 62.6 Å². The number of nitrogens with zero attached hydrogens (tertiary/aromatic N) is 1. The van der Waals surface area contributed by atoms with E-state index in [-0.39, 0.29) is 5.69 Å². The van der Waals surface area contributed by atoms with Crippen molar-refractivity contribution in [1.82, 2.24) is 0 Å². The van der Waals surface area contributed by atoms with Gasteiger partial charge in [-0.1, -0.05) is 27.7 Å². The summed E-state index contributed by atoms with van der Waals surface area (Å²) in [5.41, 5.74) is 0.892. The second-order valence-electron chi connectivity index (χ2n) is 4.21. The lowest BCUT2D eigenvalue weighted by molar-refractivity contribution is -0.384. The first-order valence-electron chi connectivity index (χ1n) is 5.87. The molecule has 0 aliphatic rings. The molecule has 0 spiro atoms. The molecule has 2 rings (SSSR count). The summed E-state index contributed by atoms with van der Waals surface area (Å²) < 4.78 is 0.904. The summed E-state index contributed by atoms with van der Waals surface area (Å²) in [5, 5.41) is 20.4. The Kier molecular flexibility index (Phi) is 4.80. The van der Waals surface area contributed by atoms with Crippen molar-refractivity contribution in [3.63, 3.8) is 0 Å². The van der Waals surface area contributed by atoms with Gasteiger partial charge >= 0.3 is 0 Å². The summed E-state index contributed by atoms with van der Waals surface area (Å²) in [4.78, 5) is 12.0. The Hall–Kier alpha value is -1.37. The SMILES string of the molecule is CC(O)c1cc(Br)ccc1Sc1ccc([N+](=O)[O-])cc1. The van der Waals surface area contributed by atoms with Crippen molar-refractivity contribution in [2.75, 3.05) is 0 Å². The zero-order chi connectivity index (χ0) is 14.7. The fourth-order valence-corrected chi connectivity index (χ4v) is 3.09. The van der Waals surface area contributed by atoms with Gasteiger partial charge in [0.1, 0.15) is 0 Å². The second kappa shape index (κ2) is 6.39. The molecular formula is C14H12BrNO3S. The van der Waals surface area contributed by atoms with Crippen LogP contribution < -0.4 is 0 Å². The molecule has 2 aromatic carbocycles. The highest BCUT2D eigenvalue weighted by Gasteiger charge is 2.11. The maximum Gasteiger partial charge on any atom is 0.269 e. The van der Waals surface area contributed by atoms with Gasteiger partial charge in [0.15, 0.2) is 0 Å². The molecule has 0 radical (unpaired) electrons. The number of aliphatic hydroxyl groups excluding tert-OH is 1. The highest BCUT2D eigenvalue weighted by Crippen LogP contribution is 2.35. The molecule has 1 unspecified atom stereocenters. The van der Waals surface area contributed by atoms with E-state index >= 15 is 0 Å². The smallest absolute Gasteiger partial charge is 0.269 e. The highest BCUT2D eigenvalue weighted by atomic mass is 79.9. The molecule has 0 saturated heterocycles. The van der Waals surface area contributed by atoms with Gasteiger partial charge in [-0.15, -0.1) is 0 Å². The third-order valence-electron chi connectivity index (χ3n) is 2.70. The maximum absolute atomic E-state index is 10.6. The normalized spacial score (nSPS) is 12.2. The van der Waals surface area contributed by atoms with Crippen molar-refractivity contribution >= 4 is 33.4 Å². The minimum absolute atomic E-state index is 0.0703. The van der Waals surface area contributed by atoms with Crippen LogP contribution in [0.2, 0.25) is 0 Å². The van der Waals surface area contributed by atoms with Gasteiger partial charge in [0.05, 0.1) is 11.0 Å². The van der Waals surface area contributed by atoms with Crippen molar-refractivity contribution in [1.29, 1.82) is 0 Å². The molecule has 1 N–H and O–H groups in total. The van der Waals surface area contributed by atoms with Crippen molar-refractivity contribution in [2.24, 2.45) is 0 Å². The number of nitro benzene ring substituents is 1. The van der Waals surface area contributed by atoms with Crippen LogP contribution in [0, 0.1) is 10.1 Å². The van der Waals surface area contributed by atoms with E-state index in [2.05, 4.69) is 15.9 Å². The Morgan fingerprint density at radius 2 is 1.90 bits per heavy atom. The molecule has 20 heavy (non-hydrogen) atoms. The lowest BCUT2D eigenvalue weighted by atomic mass is 10.1. The Morgan fingerprint density at radius 3 is 2.45 bits per heavy atom. The average molecular weight is 354 g/mol. The Labute approximate surface area is 129 Å². The quantitative estimate of drug-likeness (QED) is 0.646. The fraction of sp³-hybridized carbons (Fsp3) is 0.143. The third kappa shape index (κ3) is 3.59. The first-order chi connectivity index (χ1) is 9.47. The van der Waals surface area contributed by atoms with Crippen molar-refractivity contribution < 1.29 is 10.0 Å². The molecule has 4 nitrogen and oxygen atoms in total. The van der Waals surface area contributed by atoms with Gasteiger partial charge in [0, 0.05) is 26.4 Å². The number of benzene rings is 2. The molecule has 0 aliphatic carbocycles. The average Bonchev–Trinajstić information content (AvgIpc) is 2.41. The van der Waals surface area contributed by atoms with E-state index in [1.165, 1.54) is 23.9 Å². The Balaban J connectivity index is 2.27. The second-order valence-corrected chi connectivity index (χ2v) is 6.24. The molecule has 0 aromatic heterocycles. The monoisotopic (exact) mass is 353 g/mol. The van der Waals surface area contributed by atoms with Crippen LogP contribution in [0.25, 0.3) is 0 Å². The van der Waals surface area contributed by atoms with Gasteiger partial charge < -0.3 is 5.11 Å². The summed E-state index contributed by atoms with van der Waals surface area (Å²) in [6.07, 6.45) is -0.576. The zero-order valence-electron chi connectivity index (χ0n) is 10.6. The van der Waals surface area contributed by atoms with E-state index in [1.807, 2.05) is 18.2 Å². The standard InChI is InChI=1S/C14H12BrNO3S/c1-9(17)13-8-10(15)2-7-14(13)20-12-5-3-11(4-6-12)16(18)19/h2-9,17H,1H3. The maximum atomic E-state index is 10.6. The first-order valence-corrected chi connectivity index (χ1v) is 7.48. The molecule has 0 amide bonds. The highest BCUT2D eigenvalue weighted by molar-refractivity contribution is 9.10. The van der Waals surface area contributed by atoms with Gasteiger partial charge in [0.2, 0.25) is 0 Å². The van der Waals surface area contributed by atoms with E-state index in [4.69, 9.17) is 0 Å². The predicted octanol–water partition coefficient (Wildman–Crippen LogP) is 4.56. The van der Waals surface area contributed by atoms with E-state index in [1.54, 1.807) is 19.1 Å². The van der Waals surface area contributed by atoms with Crippen LogP contribution in [-0.4, -0.2) is 10.0 Å². The molecule has 0 fully saturated rings. The summed E-state index contributed by atoms with van der Waals surface area (Å²) in [6, 6.07) is 12.1. The number of hydrogen-bond acceptors (Lipinski definition) is 4. The van der Waals surface area contributed by atoms with Gasteiger partial charge in [-0.25, -0.2) is 0 Å². The van der Waals surface area contributed by atoms with E-state index in [0.29, 0.717) is 0 Å². The van der Waals surface area contributed by atoms with E-state index in [0.717, 1.165) is 19.8 Å².